The van der Waals surface area contributed by atoms with Crippen LogP contribution in [-0.4, -0.2) is 11.1 Å². The van der Waals surface area contributed by atoms with E-state index in [0.29, 0.717) is 5.92 Å². The number of hydrogen-bond acceptors (Lipinski definition) is 1. The molecular formula is C14H20O2. The van der Waals surface area contributed by atoms with Gasteiger partial charge in [0.2, 0.25) is 0 Å². The summed E-state index contributed by atoms with van der Waals surface area (Å²) in [7, 11) is 0. The van der Waals surface area contributed by atoms with Crippen LogP contribution in [0.1, 0.15) is 50.7 Å². The van der Waals surface area contributed by atoms with Gasteiger partial charge in [0.1, 0.15) is 0 Å². The molecule has 0 amide bonds. The van der Waals surface area contributed by atoms with Gasteiger partial charge in [-0.1, -0.05) is 52.0 Å². The maximum absolute atomic E-state index is 11.2. The zero-order chi connectivity index (χ0) is 12.3. The first kappa shape index (κ1) is 12.8. The Kier molecular flexibility index (Phi) is 4.11. The van der Waals surface area contributed by atoms with Gasteiger partial charge < -0.3 is 5.11 Å². The summed E-state index contributed by atoms with van der Waals surface area (Å²) in [6.45, 7) is 8.14. The molecule has 0 saturated carbocycles. The predicted molar refractivity (Wildman–Crippen MR) is 65.7 cm³/mol. The van der Waals surface area contributed by atoms with Gasteiger partial charge in [-0.15, -0.1) is 0 Å². The second-order valence-corrected chi connectivity index (χ2v) is 4.88. The zero-order valence-corrected chi connectivity index (χ0v) is 10.4. The van der Waals surface area contributed by atoms with Crippen molar-refractivity contribution in [3.63, 3.8) is 0 Å². The Hall–Kier alpha value is -1.31. The van der Waals surface area contributed by atoms with Crippen LogP contribution in [0.15, 0.2) is 24.3 Å². The number of carboxylic acids is 1. The van der Waals surface area contributed by atoms with Crippen LogP contribution in [0.25, 0.3) is 0 Å². The Labute approximate surface area is 97.3 Å². The molecule has 0 radical (unpaired) electrons. The van der Waals surface area contributed by atoms with Crippen molar-refractivity contribution in [3.8, 4) is 0 Å². The molecule has 0 aliphatic carbocycles. The van der Waals surface area contributed by atoms with Crippen LogP contribution in [0.5, 0.6) is 0 Å². The van der Waals surface area contributed by atoms with E-state index < -0.39 is 11.9 Å². The molecule has 1 rings (SSSR count). The third-order valence-corrected chi connectivity index (χ3v) is 2.89. The quantitative estimate of drug-likeness (QED) is 0.841. The highest BCUT2D eigenvalue weighted by Crippen LogP contribution is 2.26. The minimum atomic E-state index is -0.743. The summed E-state index contributed by atoms with van der Waals surface area (Å²) >= 11 is 0. The molecule has 1 atom stereocenters. The van der Waals surface area contributed by atoms with E-state index in [1.165, 1.54) is 5.56 Å². The lowest BCUT2D eigenvalue weighted by atomic mass is 9.87. The fourth-order valence-electron chi connectivity index (χ4n) is 1.90. The number of aliphatic carboxylic acids is 1. The lowest BCUT2D eigenvalue weighted by Gasteiger charge is -2.17. The Morgan fingerprint density at radius 3 is 1.75 bits per heavy atom. The molecule has 1 aromatic rings. The fourth-order valence-corrected chi connectivity index (χ4v) is 1.90. The highest BCUT2D eigenvalue weighted by molar-refractivity contribution is 5.76. The zero-order valence-electron chi connectivity index (χ0n) is 10.4. The first-order valence-electron chi connectivity index (χ1n) is 5.76. The second-order valence-electron chi connectivity index (χ2n) is 4.88. The summed E-state index contributed by atoms with van der Waals surface area (Å²) in [4.78, 5) is 11.2. The Balaban J connectivity index is 2.99. The maximum Gasteiger partial charge on any atom is 0.311 e. The van der Waals surface area contributed by atoms with Crippen LogP contribution in [-0.2, 0) is 4.79 Å². The van der Waals surface area contributed by atoms with Crippen molar-refractivity contribution in [1.29, 1.82) is 0 Å². The molecule has 2 nitrogen and oxygen atoms in total. The van der Waals surface area contributed by atoms with Crippen LogP contribution < -0.4 is 0 Å². The van der Waals surface area contributed by atoms with E-state index in [9.17, 15) is 9.90 Å². The normalized spacial score (nSPS) is 13.1. The molecule has 1 aromatic carbocycles. The van der Waals surface area contributed by atoms with Gasteiger partial charge in [0.25, 0.3) is 0 Å². The van der Waals surface area contributed by atoms with Crippen molar-refractivity contribution in [2.24, 2.45) is 5.92 Å². The van der Waals surface area contributed by atoms with E-state index in [1.54, 1.807) is 0 Å². The summed E-state index contributed by atoms with van der Waals surface area (Å²) in [5, 5.41) is 9.18. The van der Waals surface area contributed by atoms with Gasteiger partial charge in [0.05, 0.1) is 5.92 Å². The molecule has 0 fully saturated rings. The van der Waals surface area contributed by atoms with Crippen molar-refractivity contribution >= 4 is 5.97 Å². The molecule has 0 heterocycles. The fraction of sp³-hybridized carbons (Fsp3) is 0.500. The topological polar surface area (TPSA) is 37.3 Å². The van der Waals surface area contributed by atoms with Crippen LogP contribution >= 0.6 is 0 Å². The SMILES string of the molecule is CC(C)c1ccc(C(C(=O)O)C(C)C)cc1. The van der Waals surface area contributed by atoms with Crippen molar-refractivity contribution in [3.05, 3.63) is 35.4 Å². The number of carboxylic acid groups (broad SMARTS) is 1. The number of benzene rings is 1. The monoisotopic (exact) mass is 220 g/mol. The number of carbonyl (C=O) groups is 1. The first-order valence-corrected chi connectivity index (χ1v) is 5.76. The molecule has 88 valence electrons. The van der Waals surface area contributed by atoms with Crippen molar-refractivity contribution in [2.75, 3.05) is 0 Å². The van der Waals surface area contributed by atoms with Gasteiger partial charge in [-0.05, 0) is 23.0 Å². The molecule has 2 heteroatoms. The third kappa shape index (κ3) is 2.84. The Bertz CT molecular complexity index is 350. The summed E-state index contributed by atoms with van der Waals surface area (Å²) in [6, 6.07) is 7.93. The number of rotatable bonds is 4. The molecule has 1 N–H and O–H groups in total. The maximum atomic E-state index is 11.2. The third-order valence-electron chi connectivity index (χ3n) is 2.89. The van der Waals surface area contributed by atoms with Crippen LogP contribution in [0.4, 0.5) is 0 Å². The van der Waals surface area contributed by atoms with E-state index in [4.69, 9.17) is 0 Å². The molecule has 1 unspecified atom stereocenters. The van der Waals surface area contributed by atoms with Crippen molar-refractivity contribution in [1.82, 2.24) is 0 Å². The summed E-state index contributed by atoms with van der Waals surface area (Å²) in [6.07, 6.45) is 0. The largest absolute Gasteiger partial charge is 0.481 e. The highest BCUT2D eigenvalue weighted by atomic mass is 16.4. The van der Waals surface area contributed by atoms with E-state index in [1.807, 2.05) is 38.1 Å². The minimum absolute atomic E-state index is 0.113. The molecule has 16 heavy (non-hydrogen) atoms. The van der Waals surface area contributed by atoms with Crippen LogP contribution in [0.3, 0.4) is 0 Å². The van der Waals surface area contributed by atoms with Gasteiger partial charge >= 0.3 is 5.97 Å². The van der Waals surface area contributed by atoms with Gasteiger partial charge in [0, 0.05) is 0 Å². The Morgan fingerprint density at radius 2 is 1.44 bits per heavy atom. The van der Waals surface area contributed by atoms with Crippen LogP contribution in [0, 0.1) is 5.92 Å². The molecular weight excluding hydrogens is 200 g/mol. The summed E-state index contributed by atoms with van der Waals surface area (Å²) < 4.78 is 0. The molecule has 0 saturated heterocycles. The van der Waals surface area contributed by atoms with Gasteiger partial charge in [-0.3, -0.25) is 4.79 Å². The van der Waals surface area contributed by atoms with Gasteiger partial charge in [-0.25, -0.2) is 0 Å². The lowest BCUT2D eigenvalue weighted by molar-refractivity contribution is -0.139. The van der Waals surface area contributed by atoms with E-state index in [0.717, 1.165) is 5.56 Å². The van der Waals surface area contributed by atoms with E-state index >= 15 is 0 Å². The second kappa shape index (κ2) is 5.15. The van der Waals surface area contributed by atoms with Gasteiger partial charge in [-0.2, -0.15) is 0 Å². The van der Waals surface area contributed by atoms with E-state index in [2.05, 4.69) is 13.8 Å². The molecule has 0 aliphatic heterocycles. The molecule has 0 aliphatic rings. The molecule has 0 spiro atoms. The van der Waals surface area contributed by atoms with Crippen molar-refractivity contribution in [2.45, 2.75) is 39.5 Å². The lowest BCUT2D eigenvalue weighted by Crippen LogP contribution is -2.17. The highest BCUT2D eigenvalue weighted by Gasteiger charge is 2.23. The standard InChI is InChI=1S/C14H20O2/c1-9(2)11-5-7-12(8-6-11)13(10(3)4)14(15)16/h5-10,13H,1-4H3,(H,15,16). The van der Waals surface area contributed by atoms with Crippen molar-refractivity contribution < 1.29 is 9.90 Å². The smallest absolute Gasteiger partial charge is 0.311 e. The molecule has 0 aromatic heterocycles. The van der Waals surface area contributed by atoms with Gasteiger partial charge in [0.15, 0.2) is 0 Å². The summed E-state index contributed by atoms with van der Waals surface area (Å²) in [5.41, 5.74) is 2.14. The average molecular weight is 220 g/mol. The minimum Gasteiger partial charge on any atom is -0.481 e. The predicted octanol–water partition coefficient (Wildman–Crippen LogP) is 3.63. The van der Waals surface area contributed by atoms with Crippen LogP contribution in [0.2, 0.25) is 0 Å². The Morgan fingerprint density at radius 1 is 1.00 bits per heavy atom. The average Bonchev–Trinajstić information content (AvgIpc) is 2.17. The first-order chi connectivity index (χ1) is 7.43. The summed E-state index contributed by atoms with van der Waals surface area (Å²) in [5.74, 6) is -0.549. The van der Waals surface area contributed by atoms with E-state index in [-0.39, 0.29) is 5.92 Å². The number of hydrogen-bond donors (Lipinski definition) is 1. The molecule has 0 bridgehead atoms.